The second-order valence-electron chi connectivity index (χ2n) is 8.21. The zero-order chi connectivity index (χ0) is 18.6. The number of nitrogens with zero attached hydrogens (tertiary/aromatic N) is 3. The molecule has 0 radical (unpaired) electrons. The zero-order valence-corrected chi connectivity index (χ0v) is 16.7. The Balaban J connectivity index is 1.39. The van der Waals surface area contributed by atoms with Crippen molar-refractivity contribution in [3.8, 4) is 0 Å². The summed E-state index contributed by atoms with van der Waals surface area (Å²) in [6.45, 7) is 9.30. The minimum absolute atomic E-state index is 0.613. The van der Waals surface area contributed by atoms with Crippen LogP contribution in [-0.4, -0.2) is 48.9 Å². The average molecular weight is 369 g/mol. The van der Waals surface area contributed by atoms with Crippen molar-refractivity contribution in [3.05, 3.63) is 29.5 Å². The van der Waals surface area contributed by atoms with Gasteiger partial charge in [-0.3, -0.25) is 0 Å². The molecule has 0 amide bonds. The van der Waals surface area contributed by atoms with E-state index in [1.54, 1.807) is 0 Å². The Morgan fingerprint density at radius 1 is 1.07 bits per heavy atom. The van der Waals surface area contributed by atoms with E-state index in [-0.39, 0.29) is 0 Å². The number of nitrogens with one attached hydrogen (secondary N) is 1. The van der Waals surface area contributed by atoms with Gasteiger partial charge in [-0.1, -0.05) is 12.1 Å². The molecule has 2 fully saturated rings. The Morgan fingerprint density at radius 2 is 1.93 bits per heavy atom. The molecule has 2 aliphatic heterocycles. The van der Waals surface area contributed by atoms with Gasteiger partial charge in [0, 0.05) is 37.7 Å². The van der Waals surface area contributed by atoms with Crippen molar-refractivity contribution >= 4 is 16.9 Å². The van der Waals surface area contributed by atoms with E-state index in [1.807, 2.05) is 0 Å². The van der Waals surface area contributed by atoms with E-state index >= 15 is 0 Å². The van der Waals surface area contributed by atoms with Crippen molar-refractivity contribution in [3.63, 3.8) is 0 Å². The van der Waals surface area contributed by atoms with Crippen LogP contribution in [-0.2, 0) is 4.74 Å². The summed E-state index contributed by atoms with van der Waals surface area (Å²) >= 11 is 0. The molecule has 1 aromatic heterocycles. The Kier molecular flexibility index (Phi) is 5.89. The Bertz CT molecular complexity index is 772. The summed E-state index contributed by atoms with van der Waals surface area (Å²) in [6.07, 6.45) is 6.01. The summed E-state index contributed by atoms with van der Waals surface area (Å²) in [4.78, 5) is 12.1. The van der Waals surface area contributed by atoms with Crippen LogP contribution in [0.4, 0.5) is 5.95 Å². The molecule has 1 aromatic carbocycles. The first kappa shape index (κ1) is 18.6. The highest BCUT2D eigenvalue weighted by atomic mass is 16.5. The summed E-state index contributed by atoms with van der Waals surface area (Å²) in [5.74, 6) is 1.68. The van der Waals surface area contributed by atoms with E-state index in [2.05, 4.69) is 42.3 Å². The predicted molar refractivity (Wildman–Crippen MR) is 110 cm³/mol. The second-order valence-corrected chi connectivity index (χ2v) is 8.21. The molecule has 0 bridgehead atoms. The van der Waals surface area contributed by atoms with E-state index in [1.165, 1.54) is 31.2 Å². The van der Waals surface area contributed by atoms with Gasteiger partial charge in [0.25, 0.3) is 0 Å². The van der Waals surface area contributed by atoms with Crippen LogP contribution >= 0.6 is 0 Å². The first-order valence-corrected chi connectivity index (χ1v) is 10.5. The van der Waals surface area contributed by atoms with Crippen molar-refractivity contribution in [2.45, 2.75) is 52.0 Å². The van der Waals surface area contributed by atoms with Gasteiger partial charge >= 0.3 is 0 Å². The minimum atomic E-state index is 0.613. The summed E-state index contributed by atoms with van der Waals surface area (Å²) in [5.41, 5.74) is 3.39. The maximum atomic E-state index is 5.47. The molecule has 2 saturated heterocycles. The van der Waals surface area contributed by atoms with Crippen LogP contribution in [0.1, 0.15) is 43.4 Å². The third-order valence-corrected chi connectivity index (χ3v) is 6.08. The van der Waals surface area contributed by atoms with Gasteiger partial charge < -0.3 is 15.0 Å². The monoisotopic (exact) mass is 368 g/mol. The zero-order valence-electron chi connectivity index (χ0n) is 16.7. The summed E-state index contributed by atoms with van der Waals surface area (Å²) in [5, 5.41) is 4.99. The number of aromatic nitrogens is 2. The van der Waals surface area contributed by atoms with Crippen LogP contribution in [0, 0.1) is 19.8 Å². The van der Waals surface area contributed by atoms with Gasteiger partial charge in [0.05, 0.1) is 11.2 Å². The predicted octanol–water partition coefficient (Wildman–Crippen LogP) is 3.62. The molecular weight excluding hydrogens is 336 g/mol. The van der Waals surface area contributed by atoms with Crippen LogP contribution in [0.2, 0.25) is 0 Å². The summed E-state index contributed by atoms with van der Waals surface area (Å²) < 4.78 is 5.47. The molecule has 146 valence electrons. The maximum absolute atomic E-state index is 5.47. The van der Waals surface area contributed by atoms with Crippen LogP contribution in [0.5, 0.6) is 0 Å². The Labute approximate surface area is 162 Å². The quantitative estimate of drug-likeness (QED) is 0.893. The molecular formula is C22H32N4O. The first-order chi connectivity index (χ1) is 13.2. The van der Waals surface area contributed by atoms with Crippen molar-refractivity contribution < 1.29 is 4.74 Å². The minimum Gasteiger partial charge on any atom is -0.381 e. The number of benzene rings is 1. The lowest BCUT2D eigenvalue weighted by Gasteiger charge is -2.25. The van der Waals surface area contributed by atoms with E-state index in [9.17, 15) is 0 Å². The normalized spacial score (nSPS) is 22.1. The topological polar surface area (TPSA) is 50.3 Å². The van der Waals surface area contributed by atoms with Gasteiger partial charge in [0.2, 0.25) is 5.95 Å². The number of ether oxygens (including phenoxy) is 1. The Morgan fingerprint density at radius 3 is 2.78 bits per heavy atom. The molecule has 5 heteroatoms. The molecule has 4 rings (SSSR count). The van der Waals surface area contributed by atoms with Gasteiger partial charge in [0.15, 0.2) is 0 Å². The highest BCUT2D eigenvalue weighted by Crippen LogP contribution is 2.23. The largest absolute Gasteiger partial charge is 0.381 e. The van der Waals surface area contributed by atoms with Gasteiger partial charge in [-0.05, 0) is 70.0 Å². The number of aryl methyl sites for hydroxylation is 2. The molecule has 0 spiro atoms. The average Bonchev–Trinajstić information content (AvgIpc) is 2.92. The van der Waals surface area contributed by atoms with Gasteiger partial charge in [-0.15, -0.1) is 0 Å². The SMILES string of the molecule is Cc1ccc2c(C)nc(N3CCC[C@H](NCC4CCOCC4)CC3)nc2c1. The smallest absolute Gasteiger partial charge is 0.226 e. The molecule has 1 atom stereocenters. The maximum Gasteiger partial charge on any atom is 0.226 e. The fraction of sp³-hybridized carbons (Fsp3) is 0.636. The second kappa shape index (κ2) is 8.53. The van der Waals surface area contributed by atoms with E-state index in [4.69, 9.17) is 14.7 Å². The van der Waals surface area contributed by atoms with Crippen LogP contribution in [0.3, 0.4) is 0 Å². The standard InChI is InChI=1S/C22H32N4O/c1-16-5-6-20-17(2)24-22(25-21(20)14-16)26-10-3-4-19(7-11-26)23-15-18-8-12-27-13-9-18/h5-6,14,18-19,23H,3-4,7-13,15H2,1-2H3/t19-/m0/s1. The van der Waals surface area contributed by atoms with Crippen LogP contribution < -0.4 is 10.2 Å². The van der Waals surface area contributed by atoms with Crippen LogP contribution in [0.15, 0.2) is 18.2 Å². The van der Waals surface area contributed by atoms with Gasteiger partial charge in [-0.2, -0.15) is 0 Å². The number of hydrogen-bond donors (Lipinski definition) is 1. The van der Waals surface area contributed by atoms with Crippen molar-refractivity contribution in [1.29, 1.82) is 0 Å². The molecule has 5 nitrogen and oxygen atoms in total. The fourth-order valence-electron chi connectivity index (χ4n) is 4.31. The molecule has 27 heavy (non-hydrogen) atoms. The fourth-order valence-corrected chi connectivity index (χ4v) is 4.31. The summed E-state index contributed by atoms with van der Waals surface area (Å²) in [6, 6.07) is 7.06. The van der Waals surface area contributed by atoms with Gasteiger partial charge in [-0.25, -0.2) is 9.97 Å². The van der Waals surface area contributed by atoms with Crippen molar-refractivity contribution in [2.24, 2.45) is 5.92 Å². The first-order valence-electron chi connectivity index (χ1n) is 10.5. The third-order valence-electron chi connectivity index (χ3n) is 6.08. The molecule has 1 N–H and O–H groups in total. The third kappa shape index (κ3) is 4.58. The molecule has 3 heterocycles. The highest BCUT2D eigenvalue weighted by molar-refractivity contribution is 5.82. The lowest BCUT2D eigenvalue weighted by Crippen LogP contribution is -2.36. The Hall–Kier alpha value is -1.72. The van der Waals surface area contributed by atoms with E-state index in [0.717, 1.165) is 67.7 Å². The number of hydrogen-bond acceptors (Lipinski definition) is 5. The van der Waals surface area contributed by atoms with E-state index < -0.39 is 0 Å². The molecule has 2 aromatic rings. The summed E-state index contributed by atoms with van der Waals surface area (Å²) in [7, 11) is 0. The van der Waals surface area contributed by atoms with E-state index in [0.29, 0.717) is 6.04 Å². The van der Waals surface area contributed by atoms with Crippen molar-refractivity contribution in [2.75, 3.05) is 37.7 Å². The lowest BCUT2D eigenvalue weighted by molar-refractivity contribution is 0.0653. The molecule has 0 saturated carbocycles. The number of rotatable bonds is 4. The highest BCUT2D eigenvalue weighted by Gasteiger charge is 2.21. The molecule has 2 aliphatic rings. The van der Waals surface area contributed by atoms with Crippen molar-refractivity contribution in [1.82, 2.24) is 15.3 Å². The lowest BCUT2D eigenvalue weighted by atomic mass is 9.99. The van der Waals surface area contributed by atoms with Gasteiger partial charge in [0.1, 0.15) is 0 Å². The number of fused-ring (bicyclic) bond motifs is 1. The molecule has 0 unspecified atom stereocenters. The van der Waals surface area contributed by atoms with Crippen LogP contribution in [0.25, 0.3) is 10.9 Å². The number of anilines is 1. The molecule has 0 aliphatic carbocycles.